The minimum absolute atomic E-state index is 0.205. The van der Waals surface area contributed by atoms with Crippen LogP contribution in [0.5, 0.6) is 5.75 Å². The maximum absolute atomic E-state index is 12.9. The molecule has 0 fully saturated rings. The fraction of sp³-hybridized carbons (Fsp3) is 0.381. The number of sulfonamides is 1. The Morgan fingerprint density at radius 3 is 2.31 bits per heavy atom. The summed E-state index contributed by atoms with van der Waals surface area (Å²) in [5.41, 5.74) is 1.53. The maximum Gasteiger partial charge on any atom is 0.261 e. The van der Waals surface area contributed by atoms with Gasteiger partial charge in [-0.2, -0.15) is 0 Å². The number of halogens is 1. The number of benzene rings is 2. The lowest BCUT2D eigenvalue weighted by Gasteiger charge is -2.19. The summed E-state index contributed by atoms with van der Waals surface area (Å²) in [5.74, 6) is 0.0221. The van der Waals surface area contributed by atoms with E-state index >= 15 is 0 Å². The molecule has 0 bridgehead atoms. The van der Waals surface area contributed by atoms with Crippen molar-refractivity contribution in [3.63, 3.8) is 0 Å². The normalized spacial score (nSPS) is 12.3. The van der Waals surface area contributed by atoms with Crippen molar-refractivity contribution in [2.75, 3.05) is 24.2 Å². The minimum Gasteiger partial charge on any atom is -0.481 e. The van der Waals surface area contributed by atoms with Crippen molar-refractivity contribution in [1.82, 2.24) is 5.32 Å². The van der Waals surface area contributed by atoms with Gasteiger partial charge < -0.3 is 10.1 Å². The number of nitrogens with one attached hydrogen (secondary N) is 1. The fourth-order valence-corrected chi connectivity index (χ4v) is 3.19. The molecule has 1 amide bonds. The van der Waals surface area contributed by atoms with Gasteiger partial charge in [-0.05, 0) is 61.2 Å². The van der Waals surface area contributed by atoms with Gasteiger partial charge in [0.05, 0.1) is 11.9 Å². The van der Waals surface area contributed by atoms with Crippen LogP contribution >= 0.6 is 0 Å². The van der Waals surface area contributed by atoms with E-state index in [0.29, 0.717) is 24.4 Å². The number of nitrogens with zero attached hydrogens (tertiary/aromatic N) is 1. The van der Waals surface area contributed by atoms with Crippen LogP contribution in [0.4, 0.5) is 10.1 Å². The summed E-state index contributed by atoms with van der Waals surface area (Å²) < 4.78 is 43.0. The van der Waals surface area contributed by atoms with Gasteiger partial charge in [0.1, 0.15) is 11.6 Å². The van der Waals surface area contributed by atoms with E-state index in [1.54, 1.807) is 36.4 Å². The predicted octanol–water partition coefficient (Wildman–Crippen LogP) is 3.13. The van der Waals surface area contributed by atoms with E-state index in [9.17, 15) is 17.6 Å². The van der Waals surface area contributed by atoms with Crippen LogP contribution in [0.15, 0.2) is 48.5 Å². The van der Waals surface area contributed by atoms with Crippen molar-refractivity contribution in [3.8, 4) is 5.75 Å². The van der Waals surface area contributed by atoms with Gasteiger partial charge in [-0.3, -0.25) is 9.10 Å². The first-order valence-electron chi connectivity index (χ1n) is 9.43. The molecule has 0 saturated heterocycles. The van der Waals surface area contributed by atoms with Crippen LogP contribution < -0.4 is 14.4 Å². The Balaban J connectivity index is 1.83. The molecule has 0 aliphatic carbocycles. The molecule has 1 N–H and O–H groups in total. The first kappa shape index (κ1) is 22.7. The van der Waals surface area contributed by atoms with Gasteiger partial charge >= 0.3 is 0 Å². The molecule has 158 valence electrons. The predicted molar refractivity (Wildman–Crippen MR) is 112 cm³/mol. The Labute approximate surface area is 171 Å². The average Bonchev–Trinajstić information content (AvgIpc) is 2.69. The standard InChI is InChI=1S/C21H27FN2O4S/c1-4-20(21(25)23-15-5-6-16-7-9-17(22)10-8-16)28-19-13-11-18(12-14-19)24(2)29(3,26)27/h7-14,20H,4-6,15H2,1-3H3,(H,23,25)/t20-/m1/s1. The highest BCUT2D eigenvalue weighted by Gasteiger charge is 2.18. The molecule has 0 aliphatic rings. The number of hydrogen-bond donors (Lipinski definition) is 1. The van der Waals surface area contributed by atoms with E-state index in [1.165, 1.54) is 23.5 Å². The quantitative estimate of drug-likeness (QED) is 0.597. The first-order valence-corrected chi connectivity index (χ1v) is 11.3. The average molecular weight is 423 g/mol. The van der Waals surface area contributed by atoms with Gasteiger partial charge in [0.15, 0.2) is 6.10 Å². The maximum atomic E-state index is 12.9. The second kappa shape index (κ2) is 10.2. The van der Waals surface area contributed by atoms with Crippen molar-refractivity contribution < 1.29 is 22.3 Å². The summed E-state index contributed by atoms with van der Waals surface area (Å²) >= 11 is 0. The Morgan fingerprint density at radius 2 is 1.76 bits per heavy atom. The molecule has 6 nitrogen and oxygen atoms in total. The second-order valence-electron chi connectivity index (χ2n) is 6.76. The summed E-state index contributed by atoms with van der Waals surface area (Å²) in [5, 5.41) is 2.86. The van der Waals surface area contributed by atoms with Crippen LogP contribution in [0.25, 0.3) is 0 Å². The number of amides is 1. The highest BCUT2D eigenvalue weighted by Crippen LogP contribution is 2.21. The SMILES string of the molecule is CC[C@@H](Oc1ccc(N(C)S(C)(=O)=O)cc1)C(=O)NCCCc1ccc(F)cc1. The topological polar surface area (TPSA) is 75.7 Å². The first-order chi connectivity index (χ1) is 13.7. The molecule has 0 aliphatic heterocycles. The molecule has 1 atom stereocenters. The second-order valence-corrected chi connectivity index (χ2v) is 8.77. The summed E-state index contributed by atoms with van der Waals surface area (Å²) in [6, 6.07) is 12.9. The van der Waals surface area contributed by atoms with Crippen LogP contribution in [-0.2, 0) is 21.2 Å². The molecule has 0 aromatic heterocycles. The number of anilines is 1. The molecule has 2 aromatic rings. The summed E-state index contributed by atoms with van der Waals surface area (Å²) in [7, 11) is -1.86. The van der Waals surface area contributed by atoms with Crippen LogP contribution in [0.3, 0.4) is 0 Å². The Kier molecular flexibility index (Phi) is 8.01. The molecule has 2 aromatic carbocycles. The third kappa shape index (κ3) is 7.05. The number of carbonyl (C=O) groups excluding carboxylic acids is 1. The molecular formula is C21H27FN2O4S. The van der Waals surface area contributed by atoms with Crippen molar-refractivity contribution in [3.05, 3.63) is 59.9 Å². The van der Waals surface area contributed by atoms with E-state index in [-0.39, 0.29) is 11.7 Å². The monoisotopic (exact) mass is 422 g/mol. The summed E-state index contributed by atoms with van der Waals surface area (Å²) in [6.45, 7) is 2.35. The number of ether oxygens (including phenoxy) is 1. The third-order valence-corrected chi connectivity index (χ3v) is 5.70. The Hall–Kier alpha value is -2.61. The molecular weight excluding hydrogens is 395 g/mol. The van der Waals surface area contributed by atoms with Gasteiger partial charge in [-0.1, -0.05) is 19.1 Å². The highest BCUT2D eigenvalue weighted by molar-refractivity contribution is 7.92. The molecule has 29 heavy (non-hydrogen) atoms. The minimum atomic E-state index is -3.34. The molecule has 0 unspecified atom stereocenters. The zero-order chi connectivity index (χ0) is 21.4. The van der Waals surface area contributed by atoms with Gasteiger partial charge in [-0.15, -0.1) is 0 Å². The van der Waals surface area contributed by atoms with E-state index in [0.717, 1.165) is 24.7 Å². The lowest BCUT2D eigenvalue weighted by Crippen LogP contribution is -2.38. The smallest absolute Gasteiger partial charge is 0.261 e. The number of rotatable bonds is 10. The van der Waals surface area contributed by atoms with E-state index < -0.39 is 16.1 Å². The van der Waals surface area contributed by atoms with Gasteiger partial charge in [0, 0.05) is 13.6 Å². The molecule has 0 heterocycles. The van der Waals surface area contributed by atoms with Crippen molar-refractivity contribution in [1.29, 1.82) is 0 Å². The zero-order valence-corrected chi connectivity index (χ0v) is 17.7. The zero-order valence-electron chi connectivity index (χ0n) is 16.9. The van der Waals surface area contributed by atoms with E-state index in [2.05, 4.69) is 5.32 Å². The molecule has 0 radical (unpaired) electrons. The fourth-order valence-electron chi connectivity index (χ4n) is 2.68. The van der Waals surface area contributed by atoms with Crippen molar-refractivity contribution >= 4 is 21.6 Å². The molecule has 0 spiro atoms. The summed E-state index contributed by atoms with van der Waals surface area (Å²) in [4.78, 5) is 12.4. The van der Waals surface area contributed by atoms with Crippen LogP contribution in [0.1, 0.15) is 25.3 Å². The van der Waals surface area contributed by atoms with Gasteiger partial charge in [-0.25, -0.2) is 12.8 Å². The number of carbonyl (C=O) groups is 1. The van der Waals surface area contributed by atoms with Crippen LogP contribution in [0.2, 0.25) is 0 Å². The highest BCUT2D eigenvalue weighted by atomic mass is 32.2. The van der Waals surface area contributed by atoms with Crippen LogP contribution in [0, 0.1) is 5.82 Å². The number of hydrogen-bond acceptors (Lipinski definition) is 4. The Bertz CT molecular complexity index is 899. The van der Waals surface area contributed by atoms with Crippen molar-refractivity contribution in [2.24, 2.45) is 0 Å². The van der Waals surface area contributed by atoms with E-state index in [1.807, 2.05) is 6.92 Å². The molecule has 0 saturated carbocycles. The number of aryl methyl sites for hydroxylation is 1. The molecule has 2 rings (SSSR count). The largest absolute Gasteiger partial charge is 0.481 e. The van der Waals surface area contributed by atoms with Crippen molar-refractivity contribution in [2.45, 2.75) is 32.3 Å². The molecule has 8 heteroatoms. The lowest BCUT2D eigenvalue weighted by atomic mass is 10.1. The summed E-state index contributed by atoms with van der Waals surface area (Å²) in [6.07, 6.45) is 2.47. The van der Waals surface area contributed by atoms with Crippen LogP contribution in [-0.4, -0.2) is 40.3 Å². The van der Waals surface area contributed by atoms with Gasteiger partial charge in [0.2, 0.25) is 10.0 Å². The third-order valence-electron chi connectivity index (χ3n) is 4.49. The van der Waals surface area contributed by atoms with Gasteiger partial charge in [0.25, 0.3) is 5.91 Å². The van der Waals surface area contributed by atoms with E-state index in [4.69, 9.17) is 4.74 Å². The Morgan fingerprint density at radius 1 is 1.14 bits per heavy atom. The lowest BCUT2D eigenvalue weighted by molar-refractivity contribution is -0.128.